The first-order valence-corrected chi connectivity index (χ1v) is 6.30. The van der Waals surface area contributed by atoms with Gasteiger partial charge in [-0.25, -0.2) is 9.97 Å². The standard InChI is InChI=1S/C12H16ClN3O/c1-9(17)7-10-11(13)14-8-15-12(10)16-5-3-2-4-6-16/h8H,2-7H2,1H3. The van der Waals surface area contributed by atoms with Gasteiger partial charge in [0, 0.05) is 25.1 Å². The number of carbonyl (C=O) groups is 1. The zero-order chi connectivity index (χ0) is 12.3. The van der Waals surface area contributed by atoms with Crippen molar-refractivity contribution in [3.63, 3.8) is 0 Å². The fourth-order valence-electron chi connectivity index (χ4n) is 2.16. The molecule has 0 bridgehead atoms. The van der Waals surface area contributed by atoms with E-state index in [2.05, 4.69) is 14.9 Å². The Morgan fingerprint density at radius 1 is 1.35 bits per heavy atom. The lowest BCUT2D eigenvalue weighted by Crippen LogP contribution is -2.31. The Kier molecular flexibility index (Phi) is 3.94. The molecule has 1 aliphatic rings. The Morgan fingerprint density at radius 3 is 2.71 bits per heavy atom. The normalized spacial score (nSPS) is 16.0. The highest BCUT2D eigenvalue weighted by Gasteiger charge is 2.19. The van der Waals surface area contributed by atoms with Crippen LogP contribution in [-0.4, -0.2) is 28.8 Å². The summed E-state index contributed by atoms with van der Waals surface area (Å²) in [6, 6.07) is 0. The van der Waals surface area contributed by atoms with Crippen LogP contribution in [0.25, 0.3) is 0 Å². The molecule has 2 heterocycles. The molecule has 0 N–H and O–H groups in total. The van der Waals surface area contributed by atoms with E-state index >= 15 is 0 Å². The van der Waals surface area contributed by atoms with Gasteiger partial charge in [0.05, 0.1) is 0 Å². The Balaban J connectivity index is 2.30. The molecule has 1 aromatic rings. The van der Waals surface area contributed by atoms with Gasteiger partial charge in [0.25, 0.3) is 0 Å². The van der Waals surface area contributed by atoms with E-state index in [1.165, 1.54) is 25.6 Å². The van der Waals surface area contributed by atoms with Gasteiger partial charge in [0.1, 0.15) is 23.1 Å². The fraction of sp³-hybridized carbons (Fsp3) is 0.583. The maximum Gasteiger partial charge on any atom is 0.138 e. The largest absolute Gasteiger partial charge is 0.356 e. The zero-order valence-electron chi connectivity index (χ0n) is 9.95. The van der Waals surface area contributed by atoms with Crippen LogP contribution >= 0.6 is 11.6 Å². The molecule has 0 unspecified atom stereocenters. The quantitative estimate of drug-likeness (QED) is 0.776. The highest BCUT2D eigenvalue weighted by molar-refractivity contribution is 6.30. The molecular weight excluding hydrogens is 238 g/mol. The van der Waals surface area contributed by atoms with Crippen molar-refractivity contribution in [3.05, 3.63) is 17.0 Å². The number of anilines is 1. The first-order valence-electron chi connectivity index (χ1n) is 5.92. The van der Waals surface area contributed by atoms with Crippen molar-refractivity contribution in [2.24, 2.45) is 0 Å². The molecule has 0 atom stereocenters. The molecule has 0 radical (unpaired) electrons. The molecule has 0 spiro atoms. The Hall–Kier alpha value is -1.16. The van der Waals surface area contributed by atoms with E-state index in [1.54, 1.807) is 6.92 Å². The molecule has 1 aliphatic heterocycles. The third-order valence-electron chi connectivity index (χ3n) is 2.95. The highest BCUT2D eigenvalue weighted by Crippen LogP contribution is 2.26. The van der Waals surface area contributed by atoms with Gasteiger partial charge in [-0.15, -0.1) is 0 Å². The second kappa shape index (κ2) is 5.45. The number of Topliss-reactive ketones (excluding diaryl/α,β-unsaturated/α-hetero) is 1. The number of aromatic nitrogens is 2. The summed E-state index contributed by atoms with van der Waals surface area (Å²) in [6.07, 6.45) is 5.38. The van der Waals surface area contributed by atoms with Crippen molar-refractivity contribution >= 4 is 23.2 Å². The van der Waals surface area contributed by atoms with Gasteiger partial charge < -0.3 is 4.90 Å². The lowest BCUT2D eigenvalue weighted by Gasteiger charge is -2.29. The first kappa shape index (κ1) is 12.3. The predicted molar refractivity (Wildman–Crippen MR) is 67.5 cm³/mol. The van der Waals surface area contributed by atoms with E-state index in [-0.39, 0.29) is 5.78 Å². The van der Waals surface area contributed by atoms with Crippen LogP contribution in [0.3, 0.4) is 0 Å². The summed E-state index contributed by atoms with van der Waals surface area (Å²) in [4.78, 5) is 21.7. The molecule has 1 fully saturated rings. The van der Waals surface area contributed by atoms with Crippen LogP contribution in [0.4, 0.5) is 5.82 Å². The zero-order valence-corrected chi connectivity index (χ0v) is 10.7. The highest BCUT2D eigenvalue weighted by atomic mass is 35.5. The van der Waals surface area contributed by atoms with E-state index in [0.29, 0.717) is 11.6 Å². The average Bonchev–Trinajstić information content (AvgIpc) is 2.32. The lowest BCUT2D eigenvalue weighted by molar-refractivity contribution is -0.116. The van der Waals surface area contributed by atoms with Gasteiger partial charge >= 0.3 is 0 Å². The van der Waals surface area contributed by atoms with Crippen molar-refractivity contribution in [2.45, 2.75) is 32.6 Å². The number of carbonyl (C=O) groups excluding carboxylic acids is 1. The smallest absolute Gasteiger partial charge is 0.138 e. The van der Waals surface area contributed by atoms with E-state index in [1.807, 2.05) is 0 Å². The van der Waals surface area contributed by atoms with E-state index in [9.17, 15) is 4.79 Å². The fourth-order valence-corrected chi connectivity index (χ4v) is 2.36. The third-order valence-corrected chi connectivity index (χ3v) is 3.28. The maximum absolute atomic E-state index is 11.3. The van der Waals surface area contributed by atoms with E-state index in [0.717, 1.165) is 24.5 Å². The summed E-state index contributed by atoms with van der Waals surface area (Å²) in [5, 5.41) is 0.399. The van der Waals surface area contributed by atoms with E-state index < -0.39 is 0 Å². The number of hydrogen-bond donors (Lipinski definition) is 0. The summed E-state index contributed by atoms with van der Waals surface area (Å²) in [5.41, 5.74) is 0.767. The molecule has 0 aliphatic carbocycles. The summed E-state index contributed by atoms with van der Waals surface area (Å²) in [7, 11) is 0. The van der Waals surface area contributed by atoms with E-state index in [4.69, 9.17) is 11.6 Å². The number of nitrogens with zero attached hydrogens (tertiary/aromatic N) is 3. The second-order valence-corrected chi connectivity index (χ2v) is 4.75. The summed E-state index contributed by atoms with van der Waals surface area (Å²) >= 11 is 6.06. The molecule has 17 heavy (non-hydrogen) atoms. The number of halogens is 1. The average molecular weight is 254 g/mol. The molecule has 5 heteroatoms. The first-order chi connectivity index (χ1) is 8.18. The summed E-state index contributed by atoms with van der Waals surface area (Å²) < 4.78 is 0. The van der Waals surface area contributed by atoms with Gasteiger partial charge in [0.2, 0.25) is 0 Å². The molecule has 92 valence electrons. The van der Waals surface area contributed by atoms with Gasteiger partial charge in [-0.3, -0.25) is 4.79 Å². The third kappa shape index (κ3) is 2.94. The van der Waals surface area contributed by atoms with Crippen LogP contribution in [0.5, 0.6) is 0 Å². The van der Waals surface area contributed by atoms with Crippen LogP contribution in [0, 0.1) is 0 Å². The van der Waals surface area contributed by atoms with Crippen molar-refractivity contribution in [1.82, 2.24) is 9.97 Å². The molecule has 0 aromatic carbocycles. The monoisotopic (exact) mass is 253 g/mol. The SMILES string of the molecule is CC(=O)Cc1c(Cl)ncnc1N1CCCCC1. The molecule has 1 saturated heterocycles. The number of hydrogen-bond acceptors (Lipinski definition) is 4. The Labute approximate surface area is 106 Å². The molecule has 1 aromatic heterocycles. The molecule has 0 saturated carbocycles. The Bertz CT molecular complexity index is 416. The van der Waals surface area contributed by atoms with Crippen LogP contribution in [0.2, 0.25) is 5.15 Å². The minimum absolute atomic E-state index is 0.0833. The molecule has 4 nitrogen and oxygen atoms in total. The van der Waals surface area contributed by atoms with Crippen LogP contribution < -0.4 is 4.90 Å². The maximum atomic E-state index is 11.3. The lowest BCUT2D eigenvalue weighted by atomic mass is 10.1. The van der Waals surface area contributed by atoms with Crippen LogP contribution in [-0.2, 0) is 11.2 Å². The van der Waals surface area contributed by atoms with Crippen LogP contribution in [0.15, 0.2) is 6.33 Å². The number of rotatable bonds is 3. The van der Waals surface area contributed by atoms with Crippen molar-refractivity contribution in [1.29, 1.82) is 0 Å². The number of ketones is 1. The second-order valence-electron chi connectivity index (χ2n) is 4.39. The van der Waals surface area contributed by atoms with Gasteiger partial charge in [-0.2, -0.15) is 0 Å². The number of piperidine rings is 1. The minimum Gasteiger partial charge on any atom is -0.356 e. The minimum atomic E-state index is 0.0833. The van der Waals surface area contributed by atoms with Crippen molar-refractivity contribution in [3.8, 4) is 0 Å². The molecule has 0 amide bonds. The van der Waals surface area contributed by atoms with Gasteiger partial charge in [-0.1, -0.05) is 11.6 Å². The Morgan fingerprint density at radius 2 is 2.06 bits per heavy atom. The van der Waals surface area contributed by atoms with Crippen LogP contribution in [0.1, 0.15) is 31.7 Å². The summed E-state index contributed by atoms with van der Waals surface area (Å²) in [5.74, 6) is 0.917. The van der Waals surface area contributed by atoms with Crippen molar-refractivity contribution < 1.29 is 4.79 Å². The molecule has 2 rings (SSSR count). The van der Waals surface area contributed by atoms with Crippen molar-refractivity contribution in [2.75, 3.05) is 18.0 Å². The molecular formula is C12H16ClN3O. The van der Waals surface area contributed by atoms with Gasteiger partial charge in [0.15, 0.2) is 0 Å². The predicted octanol–water partition coefficient (Wildman–Crippen LogP) is 2.25. The summed E-state index contributed by atoms with van der Waals surface area (Å²) in [6.45, 7) is 3.53. The topological polar surface area (TPSA) is 46.1 Å². The van der Waals surface area contributed by atoms with Gasteiger partial charge in [-0.05, 0) is 26.2 Å².